The van der Waals surface area contributed by atoms with Crippen molar-refractivity contribution in [3.05, 3.63) is 54.1 Å². The second kappa shape index (κ2) is 7.84. The van der Waals surface area contributed by atoms with Gasteiger partial charge in [-0.15, -0.1) is 0 Å². The summed E-state index contributed by atoms with van der Waals surface area (Å²) in [5.74, 6) is 0.850. The molecule has 0 spiro atoms. The standard InChI is InChI=1S/C20H26N2OS/c1-16-10-12-22(13-11-16)19-5-3-4-18(14-19)21-15-17-6-8-20(9-7-17)24(2)23/h3-9,14,16,21H,10-13,15H2,1-2H3. The number of nitrogens with one attached hydrogen (secondary N) is 1. The molecular weight excluding hydrogens is 316 g/mol. The second-order valence-corrected chi connectivity index (χ2v) is 8.05. The fourth-order valence-corrected chi connectivity index (χ4v) is 3.60. The SMILES string of the molecule is CC1CCN(c2cccc(NCc3ccc(S(C)=O)cc3)c2)CC1. The van der Waals surface area contributed by atoms with E-state index in [4.69, 9.17) is 0 Å². The first-order valence-corrected chi connectivity index (χ1v) is 10.2. The summed E-state index contributed by atoms with van der Waals surface area (Å²) in [4.78, 5) is 3.36. The van der Waals surface area contributed by atoms with Gasteiger partial charge in [0.05, 0.1) is 0 Å². The fourth-order valence-electron chi connectivity index (χ4n) is 3.08. The topological polar surface area (TPSA) is 32.3 Å². The summed E-state index contributed by atoms with van der Waals surface area (Å²) in [6.07, 6.45) is 4.27. The monoisotopic (exact) mass is 342 g/mol. The van der Waals surface area contributed by atoms with E-state index in [0.717, 1.165) is 36.1 Å². The molecule has 1 saturated heterocycles. The van der Waals surface area contributed by atoms with E-state index in [9.17, 15) is 4.21 Å². The molecule has 1 aliphatic heterocycles. The number of rotatable bonds is 5. The summed E-state index contributed by atoms with van der Waals surface area (Å²) in [5, 5.41) is 3.50. The van der Waals surface area contributed by atoms with Gasteiger partial charge in [-0.05, 0) is 54.7 Å². The highest BCUT2D eigenvalue weighted by Gasteiger charge is 2.16. The number of nitrogens with zero attached hydrogens (tertiary/aromatic N) is 1. The van der Waals surface area contributed by atoms with Gasteiger partial charge in [0.1, 0.15) is 0 Å². The molecule has 128 valence electrons. The lowest BCUT2D eigenvalue weighted by molar-refractivity contribution is 0.438. The molecule has 4 heteroatoms. The van der Waals surface area contributed by atoms with Gasteiger partial charge in [0, 0.05) is 53.0 Å². The second-order valence-electron chi connectivity index (χ2n) is 6.67. The quantitative estimate of drug-likeness (QED) is 0.880. The summed E-state index contributed by atoms with van der Waals surface area (Å²) in [6.45, 7) is 5.42. The van der Waals surface area contributed by atoms with Crippen molar-refractivity contribution >= 4 is 22.2 Å². The van der Waals surface area contributed by atoms with E-state index in [0.29, 0.717) is 0 Å². The lowest BCUT2D eigenvalue weighted by atomic mass is 9.99. The molecular formula is C20H26N2OS. The van der Waals surface area contributed by atoms with Gasteiger partial charge in [0.25, 0.3) is 0 Å². The van der Waals surface area contributed by atoms with Crippen LogP contribution >= 0.6 is 0 Å². The molecule has 3 nitrogen and oxygen atoms in total. The molecule has 0 radical (unpaired) electrons. The number of benzene rings is 2. The van der Waals surface area contributed by atoms with E-state index in [1.807, 2.05) is 24.3 Å². The highest BCUT2D eigenvalue weighted by atomic mass is 32.2. The van der Waals surface area contributed by atoms with Gasteiger partial charge in [0.15, 0.2) is 0 Å². The van der Waals surface area contributed by atoms with Crippen molar-refractivity contribution < 1.29 is 4.21 Å². The Kier molecular flexibility index (Phi) is 5.56. The molecule has 1 N–H and O–H groups in total. The number of hydrogen-bond acceptors (Lipinski definition) is 3. The smallest absolute Gasteiger partial charge is 0.0498 e. The first kappa shape index (κ1) is 17.0. The van der Waals surface area contributed by atoms with Crippen molar-refractivity contribution in [1.82, 2.24) is 0 Å². The van der Waals surface area contributed by atoms with Gasteiger partial charge in [-0.3, -0.25) is 4.21 Å². The van der Waals surface area contributed by atoms with Crippen molar-refractivity contribution in [3.8, 4) is 0 Å². The van der Waals surface area contributed by atoms with Crippen molar-refractivity contribution in [1.29, 1.82) is 0 Å². The maximum absolute atomic E-state index is 11.4. The van der Waals surface area contributed by atoms with Crippen LogP contribution in [-0.2, 0) is 17.3 Å². The molecule has 1 fully saturated rings. The van der Waals surface area contributed by atoms with Crippen LogP contribution in [0, 0.1) is 5.92 Å². The van der Waals surface area contributed by atoms with Gasteiger partial charge < -0.3 is 10.2 Å². The van der Waals surface area contributed by atoms with E-state index >= 15 is 0 Å². The van der Waals surface area contributed by atoms with E-state index in [1.165, 1.54) is 24.1 Å². The third-order valence-electron chi connectivity index (χ3n) is 4.75. The van der Waals surface area contributed by atoms with E-state index in [-0.39, 0.29) is 0 Å². The van der Waals surface area contributed by atoms with Crippen LogP contribution in [0.4, 0.5) is 11.4 Å². The Hall–Kier alpha value is -1.81. The van der Waals surface area contributed by atoms with E-state index in [2.05, 4.69) is 41.4 Å². The van der Waals surface area contributed by atoms with Crippen molar-refractivity contribution in [3.63, 3.8) is 0 Å². The summed E-state index contributed by atoms with van der Waals surface area (Å²) in [5.41, 5.74) is 3.65. The molecule has 0 amide bonds. The molecule has 3 rings (SSSR count). The van der Waals surface area contributed by atoms with Crippen LogP contribution in [0.15, 0.2) is 53.4 Å². The molecule has 1 aliphatic rings. The summed E-state index contributed by atoms with van der Waals surface area (Å²) < 4.78 is 11.4. The van der Waals surface area contributed by atoms with Crippen molar-refractivity contribution in [2.75, 3.05) is 29.6 Å². The largest absolute Gasteiger partial charge is 0.381 e. The highest BCUT2D eigenvalue weighted by molar-refractivity contribution is 7.84. The summed E-state index contributed by atoms with van der Waals surface area (Å²) >= 11 is 0. The molecule has 2 aromatic carbocycles. The Morgan fingerprint density at radius 3 is 2.50 bits per heavy atom. The Labute approximate surface area is 147 Å². The molecule has 0 aromatic heterocycles. The van der Waals surface area contributed by atoms with Gasteiger partial charge in [-0.2, -0.15) is 0 Å². The molecule has 2 aromatic rings. The molecule has 0 saturated carbocycles. The molecule has 1 unspecified atom stereocenters. The minimum atomic E-state index is -0.912. The predicted molar refractivity (Wildman–Crippen MR) is 103 cm³/mol. The van der Waals surface area contributed by atoms with Crippen LogP contribution in [0.3, 0.4) is 0 Å². The lowest BCUT2D eigenvalue weighted by Gasteiger charge is -2.32. The zero-order chi connectivity index (χ0) is 16.9. The molecule has 1 atom stereocenters. The first-order chi connectivity index (χ1) is 11.6. The zero-order valence-corrected chi connectivity index (χ0v) is 15.3. The van der Waals surface area contributed by atoms with Crippen molar-refractivity contribution in [2.45, 2.75) is 31.2 Å². The Bertz CT molecular complexity index is 691. The first-order valence-electron chi connectivity index (χ1n) is 8.63. The molecule has 24 heavy (non-hydrogen) atoms. The van der Waals surface area contributed by atoms with Gasteiger partial charge in [-0.1, -0.05) is 25.1 Å². The third kappa shape index (κ3) is 4.38. The third-order valence-corrected chi connectivity index (χ3v) is 5.68. The van der Waals surface area contributed by atoms with Gasteiger partial charge in [0.2, 0.25) is 0 Å². The predicted octanol–water partition coefficient (Wildman–Crippen LogP) is 4.27. The van der Waals surface area contributed by atoms with Crippen LogP contribution < -0.4 is 10.2 Å². The normalized spacial score (nSPS) is 16.8. The van der Waals surface area contributed by atoms with Crippen LogP contribution in [0.5, 0.6) is 0 Å². The minimum Gasteiger partial charge on any atom is -0.381 e. The number of anilines is 2. The van der Waals surface area contributed by atoms with Crippen LogP contribution in [0.25, 0.3) is 0 Å². The summed E-state index contributed by atoms with van der Waals surface area (Å²) in [6, 6.07) is 16.7. The van der Waals surface area contributed by atoms with Crippen LogP contribution in [0.2, 0.25) is 0 Å². The lowest BCUT2D eigenvalue weighted by Crippen LogP contribution is -2.32. The zero-order valence-electron chi connectivity index (χ0n) is 14.5. The average molecular weight is 343 g/mol. The summed E-state index contributed by atoms with van der Waals surface area (Å²) in [7, 11) is -0.912. The number of hydrogen-bond donors (Lipinski definition) is 1. The van der Waals surface area contributed by atoms with Gasteiger partial charge in [-0.25, -0.2) is 0 Å². The minimum absolute atomic E-state index is 0.775. The van der Waals surface area contributed by atoms with Crippen LogP contribution in [0.1, 0.15) is 25.3 Å². The van der Waals surface area contributed by atoms with Crippen LogP contribution in [-0.4, -0.2) is 23.6 Å². The highest BCUT2D eigenvalue weighted by Crippen LogP contribution is 2.25. The van der Waals surface area contributed by atoms with E-state index in [1.54, 1.807) is 6.26 Å². The Morgan fingerprint density at radius 2 is 1.83 bits per heavy atom. The maximum Gasteiger partial charge on any atom is 0.0498 e. The fraction of sp³-hybridized carbons (Fsp3) is 0.400. The number of piperidine rings is 1. The Balaban J connectivity index is 1.61. The van der Waals surface area contributed by atoms with E-state index < -0.39 is 10.8 Å². The molecule has 1 heterocycles. The van der Waals surface area contributed by atoms with Gasteiger partial charge >= 0.3 is 0 Å². The molecule has 0 bridgehead atoms. The average Bonchev–Trinajstić information content (AvgIpc) is 2.61. The van der Waals surface area contributed by atoms with Crippen molar-refractivity contribution in [2.24, 2.45) is 5.92 Å². The molecule has 0 aliphatic carbocycles. The maximum atomic E-state index is 11.4. The Morgan fingerprint density at radius 1 is 1.12 bits per heavy atom.